The molecule has 24 heavy (non-hydrogen) atoms. The van der Waals surface area contributed by atoms with E-state index >= 15 is 0 Å². The van der Waals surface area contributed by atoms with E-state index in [1.165, 1.54) is 0 Å². The van der Waals surface area contributed by atoms with E-state index in [1.54, 1.807) is 0 Å². The van der Waals surface area contributed by atoms with Crippen molar-refractivity contribution in [3.8, 4) is 0 Å². The molecule has 0 radical (unpaired) electrons. The van der Waals surface area contributed by atoms with Crippen LogP contribution in [0.1, 0.15) is 0 Å². The van der Waals surface area contributed by atoms with Crippen molar-refractivity contribution in [2.24, 2.45) is 0 Å². The van der Waals surface area contributed by atoms with E-state index in [9.17, 15) is 0 Å². The first-order valence-electron chi connectivity index (χ1n) is 3.13. The molecule has 0 aliphatic heterocycles. The number of phosphoric acid groups is 4. The summed E-state index contributed by atoms with van der Waals surface area (Å²) < 4.78 is 35.5. The summed E-state index contributed by atoms with van der Waals surface area (Å²) in [6.07, 6.45) is 0. The van der Waals surface area contributed by atoms with Crippen LogP contribution in [-0.2, 0) is 18.3 Å². The second-order valence-electron chi connectivity index (χ2n) is 2.05. The zero-order valence-corrected chi connectivity index (χ0v) is 17.3. The third-order valence-corrected chi connectivity index (χ3v) is 0. The standard InChI is InChI=1S/4ClH.4H3O4P/c;;;;4*1-5(2,3)4/h4*1H;4*(H3,1,2,3,4). The van der Waals surface area contributed by atoms with Crippen molar-refractivity contribution in [3.05, 3.63) is 0 Å². The third kappa shape index (κ3) is 4710. The Bertz CT molecular complexity index is 295. The highest BCUT2D eigenvalue weighted by Crippen LogP contribution is 2.27. The lowest BCUT2D eigenvalue weighted by molar-refractivity contribution is 0.272. The van der Waals surface area contributed by atoms with Crippen LogP contribution < -0.4 is 0 Å². The smallest absolute Gasteiger partial charge is 0.303 e. The molecule has 0 saturated heterocycles. The van der Waals surface area contributed by atoms with Crippen molar-refractivity contribution < 1.29 is 77.0 Å². The van der Waals surface area contributed by atoms with Crippen LogP contribution in [-0.4, -0.2) is 58.7 Å². The van der Waals surface area contributed by atoms with Crippen LogP contribution in [0.2, 0.25) is 0 Å². The maximum atomic E-state index is 8.88. The Labute approximate surface area is 158 Å². The molecule has 0 bridgehead atoms. The molecule has 0 aromatic rings. The van der Waals surface area contributed by atoms with Crippen LogP contribution in [0.4, 0.5) is 0 Å². The average Bonchev–Trinajstić information content (AvgIpc) is 1.62. The Morgan fingerprint density at radius 2 is 0.292 bits per heavy atom. The molecular weight excluding hydrogens is 522 g/mol. The molecule has 0 aromatic carbocycles. The second-order valence-corrected chi connectivity index (χ2v) is 6.16. The van der Waals surface area contributed by atoms with Crippen molar-refractivity contribution in [1.29, 1.82) is 0 Å². The normalized spacial score (nSPS) is 9.83. The molecule has 0 aliphatic rings. The number of halogens is 4. The molecule has 0 spiro atoms. The van der Waals surface area contributed by atoms with Gasteiger partial charge in [0.05, 0.1) is 0 Å². The zero-order valence-electron chi connectivity index (χ0n) is 10.4. The highest BCUT2D eigenvalue weighted by molar-refractivity contribution is 7.45. The van der Waals surface area contributed by atoms with Gasteiger partial charge in [0, 0.05) is 0 Å². The fraction of sp³-hybridized carbons (Fsp3) is 0. The summed E-state index contributed by atoms with van der Waals surface area (Å²) in [5.41, 5.74) is 0. The van der Waals surface area contributed by atoms with E-state index in [1.807, 2.05) is 0 Å². The van der Waals surface area contributed by atoms with Gasteiger partial charge in [-0.3, -0.25) is 0 Å². The molecule has 0 aliphatic carbocycles. The van der Waals surface area contributed by atoms with Crippen molar-refractivity contribution in [2.75, 3.05) is 0 Å². The fourth-order valence-corrected chi connectivity index (χ4v) is 0. The van der Waals surface area contributed by atoms with Crippen LogP contribution >= 0.6 is 80.9 Å². The summed E-state index contributed by atoms with van der Waals surface area (Å²) in [5.74, 6) is 0. The van der Waals surface area contributed by atoms with E-state index in [-0.39, 0.29) is 49.6 Å². The van der Waals surface area contributed by atoms with Gasteiger partial charge in [0.25, 0.3) is 0 Å². The molecule has 16 nitrogen and oxygen atoms in total. The number of rotatable bonds is 0. The first kappa shape index (κ1) is 50.0. The molecule has 24 heteroatoms. The lowest BCUT2D eigenvalue weighted by Gasteiger charge is -1.82. The molecule has 0 amide bonds. The number of hydrogen-bond donors (Lipinski definition) is 12. The Morgan fingerprint density at radius 3 is 0.292 bits per heavy atom. The summed E-state index contributed by atoms with van der Waals surface area (Å²) in [4.78, 5) is 86.2. The minimum Gasteiger partial charge on any atom is -0.303 e. The molecule has 12 N–H and O–H groups in total. The van der Waals surface area contributed by atoms with E-state index in [0.29, 0.717) is 0 Å². The van der Waals surface area contributed by atoms with Gasteiger partial charge in [-0.15, -0.1) is 49.6 Å². The average molecular weight is 538 g/mol. The van der Waals surface area contributed by atoms with Crippen molar-refractivity contribution in [1.82, 2.24) is 0 Å². The Morgan fingerprint density at radius 1 is 0.292 bits per heavy atom. The maximum absolute atomic E-state index is 8.88. The van der Waals surface area contributed by atoms with Gasteiger partial charge in [-0.25, -0.2) is 18.3 Å². The molecule has 0 saturated carbocycles. The lowest BCUT2D eigenvalue weighted by Crippen LogP contribution is -1.66. The van der Waals surface area contributed by atoms with Gasteiger partial charge in [-0.05, 0) is 0 Å². The highest BCUT2D eigenvalue weighted by atomic mass is 35.5. The van der Waals surface area contributed by atoms with E-state index in [2.05, 4.69) is 0 Å². The summed E-state index contributed by atoms with van der Waals surface area (Å²) in [6, 6.07) is 0. The van der Waals surface area contributed by atoms with Crippen molar-refractivity contribution >= 4 is 80.9 Å². The molecule has 0 aromatic heterocycles. The molecule has 160 valence electrons. The van der Waals surface area contributed by atoms with Crippen LogP contribution in [0.3, 0.4) is 0 Å². The number of hydrogen-bond acceptors (Lipinski definition) is 4. The predicted octanol–water partition coefficient (Wildman–Crippen LogP) is -2.03. The molecule has 0 atom stereocenters. The van der Waals surface area contributed by atoms with Gasteiger partial charge < -0.3 is 58.7 Å². The largest absolute Gasteiger partial charge is 0.466 e. The minimum atomic E-state index is -4.64. The molecule has 0 fully saturated rings. The molecule has 0 rings (SSSR count). The maximum Gasteiger partial charge on any atom is 0.466 e. The highest BCUT2D eigenvalue weighted by Gasteiger charge is 2.01. The van der Waals surface area contributed by atoms with E-state index in [0.717, 1.165) is 0 Å². The Hall–Kier alpha value is 1.60. The van der Waals surface area contributed by atoms with Gasteiger partial charge in [0.2, 0.25) is 0 Å². The van der Waals surface area contributed by atoms with Gasteiger partial charge in [-0.1, -0.05) is 0 Å². The van der Waals surface area contributed by atoms with Gasteiger partial charge >= 0.3 is 31.3 Å². The monoisotopic (exact) mass is 536 g/mol. The Kier molecular flexibility index (Phi) is 43.6. The van der Waals surface area contributed by atoms with Gasteiger partial charge in [0.15, 0.2) is 0 Å². The summed E-state index contributed by atoms with van der Waals surface area (Å²) in [7, 11) is -18.6. The molecule has 0 unspecified atom stereocenters. The first-order chi connectivity index (χ1) is 8.00. The lowest BCUT2D eigenvalue weighted by atomic mass is 15.8. The van der Waals surface area contributed by atoms with E-state index in [4.69, 9.17) is 77.0 Å². The predicted molar refractivity (Wildman–Crippen MR) is 86.0 cm³/mol. The topological polar surface area (TPSA) is 311 Å². The third-order valence-electron chi connectivity index (χ3n) is 0. The van der Waals surface area contributed by atoms with E-state index < -0.39 is 31.3 Å². The van der Waals surface area contributed by atoms with Gasteiger partial charge in [0.1, 0.15) is 0 Å². The molecular formula is H16Cl4O16P4. The van der Waals surface area contributed by atoms with Crippen LogP contribution in [0.15, 0.2) is 0 Å². The SMILES string of the molecule is Cl.Cl.Cl.Cl.O=P(O)(O)O.O=P(O)(O)O.O=P(O)(O)O.O=P(O)(O)O. The summed E-state index contributed by atoms with van der Waals surface area (Å²) in [6.45, 7) is 0. The quantitative estimate of drug-likeness (QED) is 0.148. The summed E-state index contributed by atoms with van der Waals surface area (Å²) in [5, 5.41) is 0. The Balaban J connectivity index is -0.0000000225. The van der Waals surface area contributed by atoms with Crippen molar-refractivity contribution in [2.45, 2.75) is 0 Å². The van der Waals surface area contributed by atoms with Crippen LogP contribution in [0.5, 0.6) is 0 Å². The fourth-order valence-electron chi connectivity index (χ4n) is 0. The van der Waals surface area contributed by atoms with Crippen LogP contribution in [0.25, 0.3) is 0 Å². The van der Waals surface area contributed by atoms with Crippen molar-refractivity contribution in [3.63, 3.8) is 0 Å². The summed E-state index contributed by atoms with van der Waals surface area (Å²) >= 11 is 0. The second kappa shape index (κ2) is 20.9. The first-order valence-corrected chi connectivity index (χ1v) is 9.39. The van der Waals surface area contributed by atoms with Gasteiger partial charge in [-0.2, -0.15) is 0 Å². The van der Waals surface area contributed by atoms with Crippen LogP contribution in [0, 0.1) is 0 Å². The molecule has 0 heterocycles. The zero-order chi connectivity index (χ0) is 18.0. The minimum absolute atomic E-state index is 0.